The number of nitrogens with zero attached hydrogens (tertiary/aromatic N) is 3. The Balaban J connectivity index is 1.38. The van der Waals surface area contributed by atoms with Crippen LogP contribution >= 0.6 is 11.8 Å². The molecule has 2 aliphatic heterocycles. The number of amides is 3. The van der Waals surface area contributed by atoms with Crippen molar-refractivity contribution in [3.63, 3.8) is 0 Å². The van der Waals surface area contributed by atoms with Crippen molar-refractivity contribution in [3.8, 4) is 11.5 Å². The minimum atomic E-state index is -0.453. The maximum Gasteiger partial charge on any atom is 0.294 e. The third-order valence-electron chi connectivity index (χ3n) is 5.95. The van der Waals surface area contributed by atoms with Crippen LogP contribution in [0.3, 0.4) is 0 Å². The molecule has 0 aromatic heterocycles. The van der Waals surface area contributed by atoms with Crippen molar-refractivity contribution < 1.29 is 23.9 Å². The van der Waals surface area contributed by atoms with E-state index >= 15 is 0 Å². The summed E-state index contributed by atoms with van der Waals surface area (Å²) in [7, 11) is 0. The maximum absolute atomic E-state index is 13.0. The smallest absolute Gasteiger partial charge is 0.294 e. The first-order valence-electron chi connectivity index (χ1n) is 12.2. The lowest BCUT2D eigenvalue weighted by atomic mass is 10.2. The predicted octanol–water partition coefficient (Wildman–Crippen LogP) is 4.26. The van der Waals surface area contributed by atoms with E-state index in [4.69, 9.17) is 9.47 Å². The van der Waals surface area contributed by atoms with Gasteiger partial charge in [0.15, 0.2) is 11.5 Å². The van der Waals surface area contributed by atoms with Crippen LogP contribution in [0.4, 0.5) is 10.5 Å². The zero-order chi connectivity index (χ0) is 25.5. The molecule has 0 aliphatic carbocycles. The molecule has 0 radical (unpaired) electrons. The molecule has 2 aromatic rings. The summed E-state index contributed by atoms with van der Waals surface area (Å²) < 4.78 is 11.4. The highest BCUT2D eigenvalue weighted by Gasteiger charge is 2.37. The van der Waals surface area contributed by atoms with E-state index in [1.807, 2.05) is 50.2 Å². The zero-order valence-corrected chi connectivity index (χ0v) is 21.5. The molecule has 3 amide bonds. The molecule has 2 fully saturated rings. The summed E-state index contributed by atoms with van der Waals surface area (Å²) in [5.41, 5.74) is 1.84. The molecule has 8 nitrogen and oxygen atoms in total. The van der Waals surface area contributed by atoms with Crippen LogP contribution < -0.4 is 14.4 Å². The van der Waals surface area contributed by atoms with Gasteiger partial charge in [-0.05, 0) is 61.0 Å². The van der Waals surface area contributed by atoms with Gasteiger partial charge >= 0.3 is 0 Å². The third-order valence-corrected chi connectivity index (χ3v) is 6.86. The van der Waals surface area contributed by atoms with Crippen LogP contribution in [0.2, 0.25) is 0 Å². The van der Waals surface area contributed by atoms with Crippen molar-refractivity contribution in [3.05, 3.63) is 59.0 Å². The minimum Gasteiger partial charge on any atom is -0.490 e. The summed E-state index contributed by atoms with van der Waals surface area (Å²) in [6.07, 6.45) is 2.53. The SMILES string of the molecule is CCCOc1ccc(/C=C2\SC(=O)N(CC(=O)N3CCN(c4ccccc4)CC3)C2=O)cc1OCC. The third kappa shape index (κ3) is 6.02. The molecule has 2 saturated heterocycles. The standard InChI is InChI=1S/C27H31N3O5S/c1-3-16-35-22-11-10-20(17-23(22)34-4-2)18-24-26(32)30(27(33)36-24)19-25(31)29-14-12-28(13-15-29)21-8-6-5-7-9-21/h5-11,17-18H,3-4,12-16,19H2,1-2H3/b24-18-. The molecule has 2 aromatic carbocycles. The van der Waals surface area contributed by atoms with Gasteiger partial charge in [0.2, 0.25) is 5.91 Å². The average molecular weight is 510 g/mol. The van der Waals surface area contributed by atoms with Crippen molar-refractivity contribution in [1.82, 2.24) is 9.80 Å². The second-order valence-corrected chi connectivity index (χ2v) is 9.45. The van der Waals surface area contributed by atoms with E-state index in [0.717, 1.165) is 34.3 Å². The van der Waals surface area contributed by atoms with Crippen LogP contribution in [-0.4, -0.2) is 72.8 Å². The number of rotatable bonds is 9. The molecule has 0 saturated carbocycles. The van der Waals surface area contributed by atoms with Crippen LogP contribution in [0.15, 0.2) is 53.4 Å². The second-order valence-electron chi connectivity index (χ2n) is 8.46. The van der Waals surface area contributed by atoms with E-state index in [1.165, 1.54) is 0 Å². The topological polar surface area (TPSA) is 79.4 Å². The fourth-order valence-corrected chi connectivity index (χ4v) is 4.93. The minimum absolute atomic E-state index is 0.220. The van der Waals surface area contributed by atoms with Gasteiger partial charge in [-0.3, -0.25) is 19.3 Å². The van der Waals surface area contributed by atoms with Gasteiger partial charge in [0, 0.05) is 31.9 Å². The number of hydrogen-bond donors (Lipinski definition) is 0. The van der Waals surface area contributed by atoms with Crippen molar-refractivity contribution in [2.45, 2.75) is 20.3 Å². The summed E-state index contributed by atoms with van der Waals surface area (Å²) in [6.45, 7) is 7.23. The van der Waals surface area contributed by atoms with Crippen LogP contribution in [0.25, 0.3) is 6.08 Å². The quantitative estimate of drug-likeness (QED) is 0.468. The lowest BCUT2D eigenvalue weighted by Crippen LogP contribution is -2.51. The lowest BCUT2D eigenvalue weighted by molar-refractivity contribution is -0.136. The van der Waals surface area contributed by atoms with Crippen molar-refractivity contribution in [2.24, 2.45) is 0 Å². The summed E-state index contributed by atoms with van der Waals surface area (Å²) in [5, 5.41) is -0.435. The number of benzene rings is 2. The number of para-hydroxylation sites is 1. The first-order chi connectivity index (χ1) is 17.5. The Morgan fingerprint density at radius 3 is 2.42 bits per heavy atom. The summed E-state index contributed by atoms with van der Waals surface area (Å²) in [4.78, 5) is 43.7. The van der Waals surface area contributed by atoms with Gasteiger partial charge in [0.05, 0.1) is 18.1 Å². The van der Waals surface area contributed by atoms with Gasteiger partial charge in [0.25, 0.3) is 11.1 Å². The molecule has 0 atom stereocenters. The van der Waals surface area contributed by atoms with Gasteiger partial charge in [-0.1, -0.05) is 31.2 Å². The van der Waals surface area contributed by atoms with Gasteiger partial charge in [-0.15, -0.1) is 0 Å². The van der Waals surface area contributed by atoms with Crippen molar-refractivity contribution >= 4 is 40.6 Å². The first kappa shape index (κ1) is 25.6. The van der Waals surface area contributed by atoms with Crippen LogP contribution in [0.5, 0.6) is 11.5 Å². The number of imide groups is 1. The molecular formula is C27H31N3O5S. The molecule has 0 N–H and O–H groups in total. The number of thioether (sulfide) groups is 1. The monoisotopic (exact) mass is 509 g/mol. The summed E-state index contributed by atoms with van der Waals surface area (Å²) in [5.74, 6) is 0.554. The Labute approximate surface area is 215 Å². The van der Waals surface area contributed by atoms with Crippen LogP contribution in [0.1, 0.15) is 25.8 Å². The molecule has 0 bridgehead atoms. The van der Waals surface area contributed by atoms with Gasteiger partial charge in [-0.25, -0.2) is 0 Å². The van der Waals surface area contributed by atoms with E-state index in [0.29, 0.717) is 50.9 Å². The number of carbonyl (C=O) groups is 3. The van der Waals surface area contributed by atoms with Crippen molar-refractivity contribution in [2.75, 3.05) is 50.8 Å². The highest BCUT2D eigenvalue weighted by atomic mass is 32.2. The molecule has 0 unspecified atom stereocenters. The van der Waals surface area contributed by atoms with E-state index in [-0.39, 0.29) is 17.4 Å². The van der Waals surface area contributed by atoms with Gasteiger partial charge in [-0.2, -0.15) is 0 Å². The number of piperazine rings is 1. The fourth-order valence-electron chi connectivity index (χ4n) is 4.09. The maximum atomic E-state index is 13.0. The molecule has 4 rings (SSSR count). The normalized spacial score (nSPS) is 17.2. The Morgan fingerprint density at radius 2 is 1.72 bits per heavy atom. The molecule has 36 heavy (non-hydrogen) atoms. The predicted molar refractivity (Wildman–Crippen MR) is 141 cm³/mol. The number of hydrogen-bond acceptors (Lipinski definition) is 7. The number of carbonyl (C=O) groups excluding carboxylic acids is 3. The highest BCUT2D eigenvalue weighted by molar-refractivity contribution is 8.18. The van der Waals surface area contributed by atoms with Crippen LogP contribution in [0, 0.1) is 0 Å². The molecule has 0 spiro atoms. The molecule has 2 aliphatic rings. The van der Waals surface area contributed by atoms with Gasteiger partial charge in [0.1, 0.15) is 6.54 Å². The molecule has 9 heteroatoms. The van der Waals surface area contributed by atoms with Crippen molar-refractivity contribution in [1.29, 1.82) is 0 Å². The Bertz CT molecular complexity index is 1130. The summed E-state index contributed by atoms with van der Waals surface area (Å²) >= 11 is 0.848. The Morgan fingerprint density at radius 1 is 0.972 bits per heavy atom. The Kier molecular flexibility index (Phi) is 8.53. The molecular weight excluding hydrogens is 478 g/mol. The average Bonchev–Trinajstić information content (AvgIpc) is 3.16. The second kappa shape index (κ2) is 12.0. The van der Waals surface area contributed by atoms with Gasteiger partial charge < -0.3 is 19.3 Å². The molecule has 190 valence electrons. The van der Waals surface area contributed by atoms with E-state index in [2.05, 4.69) is 4.90 Å². The largest absolute Gasteiger partial charge is 0.490 e. The van der Waals surface area contributed by atoms with E-state index < -0.39 is 11.1 Å². The summed E-state index contributed by atoms with van der Waals surface area (Å²) in [6, 6.07) is 15.5. The lowest BCUT2D eigenvalue weighted by Gasteiger charge is -2.36. The fraction of sp³-hybridized carbons (Fsp3) is 0.370. The van der Waals surface area contributed by atoms with E-state index in [9.17, 15) is 14.4 Å². The number of anilines is 1. The van der Waals surface area contributed by atoms with Crippen LogP contribution in [-0.2, 0) is 9.59 Å². The molecule has 2 heterocycles. The Hall–Kier alpha value is -3.46. The number of ether oxygens (including phenoxy) is 2. The van der Waals surface area contributed by atoms with E-state index in [1.54, 1.807) is 23.1 Å². The first-order valence-corrected chi connectivity index (χ1v) is 13.0. The highest BCUT2D eigenvalue weighted by Crippen LogP contribution is 2.35. The zero-order valence-electron chi connectivity index (χ0n) is 20.6.